The van der Waals surface area contributed by atoms with E-state index in [-0.39, 0.29) is 65.0 Å². The minimum absolute atomic E-state index is 0.00912. The van der Waals surface area contributed by atoms with E-state index in [1.54, 1.807) is 0 Å². The number of amides is 1. The topological polar surface area (TPSA) is 136 Å². The first-order valence-electron chi connectivity index (χ1n) is 24.9. The van der Waals surface area contributed by atoms with Crippen LogP contribution in [0.4, 0.5) is 4.79 Å². The zero-order valence-corrected chi connectivity index (χ0v) is 41.0. The molecule has 1 amide bonds. The SMILES string of the molecule is CCCCCCCCCCCCCCCCCC(=O)OC[C@H](COP(=O)(OCc1ccccc1)O[C@H]1C[C@H](C(=O)OCc2ccccc2)N(C(=O)OCc2ccccc2)C1)OCc1ccccc1. The van der Waals surface area contributed by atoms with Crippen molar-refractivity contribution in [3.63, 3.8) is 0 Å². The van der Waals surface area contributed by atoms with Crippen LogP contribution in [0.2, 0.25) is 0 Å². The van der Waals surface area contributed by atoms with Gasteiger partial charge in [-0.25, -0.2) is 14.2 Å². The molecule has 0 bridgehead atoms. The molecule has 370 valence electrons. The molecule has 1 aliphatic heterocycles. The molecule has 0 saturated carbocycles. The molecule has 1 unspecified atom stereocenters. The second-order valence-corrected chi connectivity index (χ2v) is 19.2. The summed E-state index contributed by atoms with van der Waals surface area (Å²) >= 11 is 0. The van der Waals surface area contributed by atoms with E-state index in [0.717, 1.165) is 36.0 Å². The predicted molar refractivity (Wildman–Crippen MR) is 263 cm³/mol. The quantitative estimate of drug-likeness (QED) is 0.0191. The molecule has 0 aromatic heterocycles. The summed E-state index contributed by atoms with van der Waals surface area (Å²) in [6, 6.07) is 35.9. The van der Waals surface area contributed by atoms with Gasteiger partial charge in [0.05, 0.1) is 32.5 Å². The van der Waals surface area contributed by atoms with E-state index in [0.29, 0.717) is 5.56 Å². The standard InChI is InChI=1S/C55H74NO11P/c1-2-3-4-5-6-7-8-9-10-11-12-13-14-15-28-37-53(57)62-44-51(61-40-46-29-20-16-21-30-46)45-66-68(60,65-43-49-35-26-19-27-36-49)67-50-38-52(54(58)63-41-47-31-22-17-23-32-47)56(39-50)55(59)64-42-48-33-24-18-25-34-48/h16-27,29-36,50-52H,2-15,28,37-45H2,1H3/t50-,51+,52+,68?/m0/s1. The van der Waals surface area contributed by atoms with Crippen molar-refractivity contribution in [3.05, 3.63) is 144 Å². The molecule has 4 atom stereocenters. The van der Waals surface area contributed by atoms with Crippen molar-refractivity contribution < 1.29 is 51.5 Å². The fraction of sp³-hybridized carbons (Fsp3) is 0.509. The third-order valence-electron chi connectivity index (χ3n) is 11.9. The Bertz CT molecular complexity index is 1960. The summed E-state index contributed by atoms with van der Waals surface area (Å²) in [5.41, 5.74) is 3.14. The fourth-order valence-electron chi connectivity index (χ4n) is 7.94. The number of hydrogen-bond acceptors (Lipinski definition) is 11. The van der Waals surface area contributed by atoms with Crippen LogP contribution in [0.15, 0.2) is 121 Å². The van der Waals surface area contributed by atoms with Crippen molar-refractivity contribution in [2.24, 2.45) is 0 Å². The maximum Gasteiger partial charge on any atom is 0.475 e. The van der Waals surface area contributed by atoms with Gasteiger partial charge in [-0.15, -0.1) is 0 Å². The Balaban J connectivity index is 1.16. The summed E-state index contributed by atoms with van der Waals surface area (Å²) in [6.07, 6.45) is 16.2. The third kappa shape index (κ3) is 21.6. The predicted octanol–water partition coefficient (Wildman–Crippen LogP) is 13.3. The number of esters is 2. The number of phosphoric ester groups is 1. The van der Waals surface area contributed by atoms with Crippen LogP contribution in [0.25, 0.3) is 0 Å². The minimum atomic E-state index is -4.47. The van der Waals surface area contributed by atoms with Gasteiger partial charge in [0, 0.05) is 12.8 Å². The minimum Gasteiger partial charge on any atom is -0.463 e. The molecule has 1 saturated heterocycles. The number of phosphoric acid groups is 1. The molecule has 1 fully saturated rings. The van der Waals surface area contributed by atoms with Crippen LogP contribution in [0.1, 0.15) is 138 Å². The lowest BCUT2D eigenvalue weighted by Crippen LogP contribution is -2.41. The van der Waals surface area contributed by atoms with Crippen LogP contribution in [0.5, 0.6) is 0 Å². The molecule has 1 heterocycles. The van der Waals surface area contributed by atoms with Gasteiger partial charge >= 0.3 is 25.9 Å². The van der Waals surface area contributed by atoms with Crippen LogP contribution in [-0.4, -0.2) is 60.9 Å². The molecule has 12 nitrogen and oxygen atoms in total. The van der Waals surface area contributed by atoms with E-state index in [9.17, 15) is 18.9 Å². The van der Waals surface area contributed by atoms with Crippen molar-refractivity contribution in [1.82, 2.24) is 4.90 Å². The fourth-order valence-corrected chi connectivity index (χ4v) is 9.31. The molecule has 4 aromatic rings. The number of unbranched alkanes of at least 4 members (excludes halogenated alkanes) is 14. The largest absolute Gasteiger partial charge is 0.475 e. The molecular weight excluding hydrogens is 882 g/mol. The highest BCUT2D eigenvalue weighted by atomic mass is 31.2. The number of rotatable bonds is 34. The van der Waals surface area contributed by atoms with Crippen LogP contribution in [0.3, 0.4) is 0 Å². The molecule has 68 heavy (non-hydrogen) atoms. The summed E-state index contributed by atoms with van der Waals surface area (Å²) in [5.74, 6) is -1.01. The Labute approximate surface area is 404 Å². The molecule has 13 heteroatoms. The van der Waals surface area contributed by atoms with Crippen molar-refractivity contribution in [2.75, 3.05) is 19.8 Å². The lowest BCUT2D eigenvalue weighted by atomic mass is 10.0. The molecule has 5 rings (SSSR count). The van der Waals surface area contributed by atoms with Crippen molar-refractivity contribution >= 4 is 25.9 Å². The summed E-state index contributed by atoms with van der Waals surface area (Å²) in [6.45, 7) is 1.65. The van der Waals surface area contributed by atoms with Gasteiger partial charge in [-0.1, -0.05) is 218 Å². The Morgan fingerprint density at radius 3 is 1.51 bits per heavy atom. The molecule has 0 spiro atoms. The Morgan fingerprint density at radius 2 is 1.00 bits per heavy atom. The average molecular weight is 956 g/mol. The summed E-state index contributed by atoms with van der Waals surface area (Å²) < 4.78 is 56.1. The van der Waals surface area contributed by atoms with Gasteiger partial charge in [0.25, 0.3) is 0 Å². The Morgan fingerprint density at radius 1 is 0.544 bits per heavy atom. The van der Waals surface area contributed by atoms with E-state index in [1.807, 2.05) is 121 Å². The molecule has 0 radical (unpaired) electrons. The lowest BCUT2D eigenvalue weighted by molar-refractivity contribution is -0.150. The molecule has 4 aromatic carbocycles. The highest BCUT2D eigenvalue weighted by molar-refractivity contribution is 7.48. The van der Waals surface area contributed by atoms with E-state index in [2.05, 4.69) is 6.92 Å². The van der Waals surface area contributed by atoms with Gasteiger partial charge in [-0.3, -0.25) is 23.3 Å². The lowest BCUT2D eigenvalue weighted by Gasteiger charge is -2.24. The average Bonchev–Trinajstić information content (AvgIpc) is 3.80. The molecule has 0 aliphatic carbocycles. The number of carbonyl (C=O) groups excluding carboxylic acids is 3. The monoisotopic (exact) mass is 955 g/mol. The zero-order chi connectivity index (χ0) is 47.9. The van der Waals surface area contributed by atoms with Crippen LogP contribution >= 0.6 is 7.82 Å². The maximum atomic E-state index is 14.7. The Hall–Kier alpha value is -4.84. The highest BCUT2D eigenvalue weighted by Crippen LogP contribution is 2.53. The molecule has 1 aliphatic rings. The molecular formula is C55H74NO11P. The number of carbonyl (C=O) groups is 3. The first-order chi connectivity index (χ1) is 33.3. The second kappa shape index (κ2) is 32.1. The van der Waals surface area contributed by atoms with Crippen molar-refractivity contribution in [1.29, 1.82) is 0 Å². The van der Waals surface area contributed by atoms with Gasteiger partial charge in [0.1, 0.15) is 32.0 Å². The van der Waals surface area contributed by atoms with E-state index in [4.69, 9.17) is 32.5 Å². The van der Waals surface area contributed by atoms with Gasteiger partial charge in [-0.2, -0.15) is 0 Å². The maximum absolute atomic E-state index is 14.7. The van der Waals surface area contributed by atoms with Crippen LogP contribution in [-0.2, 0) is 73.1 Å². The number of ether oxygens (including phenoxy) is 4. The third-order valence-corrected chi connectivity index (χ3v) is 13.3. The van der Waals surface area contributed by atoms with Crippen molar-refractivity contribution in [3.8, 4) is 0 Å². The van der Waals surface area contributed by atoms with Crippen LogP contribution in [0, 0.1) is 0 Å². The van der Waals surface area contributed by atoms with Crippen molar-refractivity contribution in [2.45, 2.75) is 161 Å². The molecule has 0 N–H and O–H groups in total. The number of nitrogens with zero attached hydrogens (tertiary/aromatic N) is 1. The first kappa shape index (κ1) is 54.1. The number of benzene rings is 4. The Kier molecular flexibility index (Phi) is 25.5. The van der Waals surface area contributed by atoms with Gasteiger partial charge in [0.2, 0.25) is 0 Å². The normalized spacial score (nSPS) is 15.9. The van der Waals surface area contributed by atoms with E-state index < -0.39 is 38.1 Å². The first-order valence-corrected chi connectivity index (χ1v) is 26.4. The smallest absolute Gasteiger partial charge is 0.463 e. The van der Waals surface area contributed by atoms with Gasteiger partial charge < -0.3 is 18.9 Å². The van der Waals surface area contributed by atoms with E-state index >= 15 is 0 Å². The zero-order valence-electron chi connectivity index (χ0n) is 40.1. The van der Waals surface area contributed by atoms with Gasteiger partial charge in [-0.05, 0) is 28.7 Å². The summed E-state index contributed by atoms with van der Waals surface area (Å²) in [4.78, 5) is 41.5. The second-order valence-electron chi connectivity index (χ2n) is 17.6. The summed E-state index contributed by atoms with van der Waals surface area (Å²) in [7, 11) is -4.47. The van der Waals surface area contributed by atoms with E-state index in [1.165, 1.54) is 81.9 Å². The summed E-state index contributed by atoms with van der Waals surface area (Å²) in [5, 5.41) is 0. The number of likely N-dealkylation sites (tertiary alicyclic amines) is 1. The highest BCUT2D eigenvalue weighted by Gasteiger charge is 2.45. The number of hydrogen-bond donors (Lipinski definition) is 0. The van der Waals surface area contributed by atoms with Gasteiger partial charge in [0.15, 0.2) is 0 Å². The van der Waals surface area contributed by atoms with Crippen LogP contribution < -0.4 is 0 Å².